The number of unbranched alkanes of at least 4 members (excludes halogenated alkanes) is 1. The van der Waals surface area contributed by atoms with E-state index in [0.29, 0.717) is 0 Å². The van der Waals surface area contributed by atoms with Gasteiger partial charge in [-0.3, -0.25) is 0 Å². The van der Waals surface area contributed by atoms with Gasteiger partial charge in [0, 0.05) is 0 Å². The summed E-state index contributed by atoms with van der Waals surface area (Å²) in [6, 6.07) is 0. The van der Waals surface area contributed by atoms with E-state index < -0.39 is 0 Å². The summed E-state index contributed by atoms with van der Waals surface area (Å²) in [4.78, 5) is 0. The quantitative estimate of drug-likeness (QED) is 0.318. The van der Waals surface area contributed by atoms with Crippen LogP contribution in [-0.2, 0) is 0 Å². The van der Waals surface area contributed by atoms with Crippen molar-refractivity contribution in [1.82, 2.24) is 0 Å². The van der Waals surface area contributed by atoms with Crippen LogP contribution in [0.1, 0.15) is 164 Å². The fourth-order valence-electron chi connectivity index (χ4n) is 11.1. The van der Waals surface area contributed by atoms with E-state index in [2.05, 4.69) is 41.5 Å². The van der Waals surface area contributed by atoms with Crippen molar-refractivity contribution in [2.75, 3.05) is 0 Å². The fourth-order valence-corrected chi connectivity index (χ4v) is 11.1. The van der Waals surface area contributed by atoms with Gasteiger partial charge in [-0.05, 0) is 122 Å². The molecule has 0 saturated heterocycles. The van der Waals surface area contributed by atoms with Crippen molar-refractivity contribution in [2.24, 2.45) is 71.0 Å². The molecule has 0 aliphatic heterocycles. The zero-order valence-electron chi connectivity index (χ0n) is 26.4. The summed E-state index contributed by atoms with van der Waals surface area (Å²) >= 11 is 0. The standard InChI is InChI=1S/C24H44.C13H24/c1-5-8-11-21-17(4)15-20-10-9-12-22(20)24(21)23-16-18(6-2)13-14-19(23)7-3;1-10-4-3-5-12(8-10)13-7-6-11(2)9-13/h17-24H,5-16H2,1-4H3;10-13H,3-9H2,1-2H3. The van der Waals surface area contributed by atoms with Crippen LogP contribution in [0.15, 0.2) is 0 Å². The zero-order chi connectivity index (χ0) is 26.4. The Bertz CT molecular complexity index is 636. The molecule has 0 aromatic carbocycles. The van der Waals surface area contributed by atoms with Crippen molar-refractivity contribution >= 4 is 0 Å². The molecule has 0 heteroatoms. The maximum Gasteiger partial charge on any atom is -0.0321 e. The maximum absolute atomic E-state index is 2.63. The van der Waals surface area contributed by atoms with Gasteiger partial charge >= 0.3 is 0 Å². The first-order valence-corrected chi connectivity index (χ1v) is 17.9. The minimum atomic E-state index is 1.00. The predicted octanol–water partition coefficient (Wildman–Crippen LogP) is 12.0. The minimum Gasteiger partial charge on any atom is -0.0654 e. The van der Waals surface area contributed by atoms with Gasteiger partial charge in [-0.2, -0.15) is 0 Å². The van der Waals surface area contributed by atoms with Crippen molar-refractivity contribution in [1.29, 1.82) is 0 Å². The molecule has 0 N–H and O–H groups in total. The SMILES string of the molecule is CC1CCCC(C2CCC(C)C2)C1.CCCCC1C(C)CC2CCCC2C1C1CC(CC)CCC1CC. The van der Waals surface area contributed by atoms with Gasteiger partial charge in [-0.25, -0.2) is 0 Å². The highest BCUT2D eigenvalue weighted by atomic mass is 14.5. The second-order valence-electron chi connectivity index (χ2n) is 15.6. The van der Waals surface area contributed by atoms with Crippen LogP contribution in [0.3, 0.4) is 0 Å². The fraction of sp³-hybridized carbons (Fsp3) is 1.00. The first-order valence-electron chi connectivity index (χ1n) is 17.9. The van der Waals surface area contributed by atoms with E-state index >= 15 is 0 Å². The van der Waals surface area contributed by atoms with E-state index in [1.807, 2.05) is 0 Å². The Labute approximate surface area is 234 Å². The largest absolute Gasteiger partial charge is 0.0654 e. The third kappa shape index (κ3) is 7.60. The molecule has 0 aromatic heterocycles. The molecular formula is C37H68. The molecule has 5 fully saturated rings. The summed E-state index contributed by atoms with van der Waals surface area (Å²) < 4.78 is 0. The van der Waals surface area contributed by atoms with E-state index in [1.165, 1.54) is 70.6 Å². The van der Waals surface area contributed by atoms with Crippen LogP contribution >= 0.6 is 0 Å². The molecule has 0 nitrogen and oxygen atoms in total. The molecule has 0 bridgehead atoms. The molecule has 12 unspecified atom stereocenters. The first kappa shape index (κ1) is 30.0. The van der Waals surface area contributed by atoms with Gasteiger partial charge in [-0.15, -0.1) is 0 Å². The summed E-state index contributed by atoms with van der Waals surface area (Å²) in [7, 11) is 0. The van der Waals surface area contributed by atoms with Crippen LogP contribution in [0.5, 0.6) is 0 Å². The van der Waals surface area contributed by atoms with Gasteiger partial charge in [0.2, 0.25) is 0 Å². The molecule has 216 valence electrons. The van der Waals surface area contributed by atoms with Crippen molar-refractivity contribution in [2.45, 2.75) is 164 Å². The molecule has 5 saturated carbocycles. The normalized spacial score (nSPS) is 46.2. The van der Waals surface area contributed by atoms with Crippen LogP contribution in [0.4, 0.5) is 0 Å². The molecular weight excluding hydrogens is 444 g/mol. The zero-order valence-corrected chi connectivity index (χ0v) is 26.4. The molecule has 5 aliphatic rings. The highest BCUT2D eigenvalue weighted by Gasteiger charge is 2.49. The molecule has 0 radical (unpaired) electrons. The second kappa shape index (κ2) is 14.6. The summed E-state index contributed by atoms with van der Waals surface area (Å²) in [5.74, 6) is 12.8. The second-order valence-corrected chi connectivity index (χ2v) is 15.6. The van der Waals surface area contributed by atoms with Crippen molar-refractivity contribution < 1.29 is 0 Å². The Balaban J connectivity index is 0.000000207. The van der Waals surface area contributed by atoms with E-state index in [-0.39, 0.29) is 0 Å². The Kier molecular flexibility index (Phi) is 11.8. The van der Waals surface area contributed by atoms with E-state index in [9.17, 15) is 0 Å². The average Bonchev–Trinajstić information content (AvgIpc) is 3.56. The molecule has 5 rings (SSSR count). The number of fused-ring (bicyclic) bond motifs is 1. The van der Waals surface area contributed by atoms with Gasteiger partial charge < -0.3 is 0 Å². The topological polar surface area (TPSA) is 0 Å². The van der Waals surface area contributed by atoms with Crippen LogP contribution in [0.2, 0.25) is 0 Å². The smallest absolute Gasteiger partial charge is 0.0321 e. The summed E-state index contributed by atoms with van der Waals surface area (Å²) in [6.07, 6.45) is 28.9. The van der Waals surface area contributed by atoms with Crippen molar-refractivity contribution in [3.05, 3.63) is 0 Å². The lowest BCUT2D eigenvalue weighted by Crippen LogP contribution is -2.45. The van der Waals surface area contributed by atoms with Gasteiger partial charge in [0.15, 0.2) is 0 Å². The van der Waals surface area contributed by atoms with Gasteiger partial charge in [-0.1, -0.05) is 112 Å². The van der Waals surface area contributed by atoms with Gasteiger partial charge in [0.05, 0.1) is 0 Å². The highest BCUT2D eigenvalue weighted by Crippen LogP contribution is 2.57. The van der Waals surface area contributed by atoms with Crippen LogP contribution in [0, 0.1) is 71.0 Å². The number of rotatable bonds is 7. The van der Waals surface area contributed by atoms with Crippen LogP contribution in [-0.4, -0.2) is 0 Å². The molecule has 0 aromatic rings. The molecule has 37 heavy (non-hydrogen) atoms. The Morgan fingerprint density at radius 1 is 0.568 bits per heavy atom. The lowest BCUT2D eigenvalue weighted by molar-refractivity contribution is -0.0297. The Morgan fingerprint density at radius 3 is 1.95 bits per heavy atom. The minimum absolute atomic E-state index is 1.00. The summed E-state index contributed by atoms with van der Waals surface area (Å²) in [6.45, 7) is 14.8. The van der Waals surface area contributed by atoms with E-state index in [0.717, 1.165) is 71.0 Å². The average molecular weight is 513 g/mol. The monoisotopic (exact) mass is 513 g/mol. The lowest BCUT2D eigenvalue weighted by Gasteiger charge is -2.52. The molecule has 0 amide bonds. The molecule has 5 aliphatic carbocycles. The molecule has 0 heterocycles. The first-order chi connectivity index (χ1) is 17.9. The van der Waals surface area contributed by atoms with Crippen LogP contribution in [0.25, 0.3) is 0 Å². The lowest BCUT2D eigenvalue weighted by atomic mass is 9.53. The Morgan fingerprint density at radius 2 is 1.27 bits per heavy atom. The van der Waals surface area contributed by atoms with Crippen molar-refractivity contribution in [3.8, 4) is 0 Å². The number of hydrogen-bond donors (Lipinski definition) is 0. The van der Waals surface area contributed by atoms with Gasteiger partial charge in [0.25, 0.3) is 0 Å². The predicted molar refractivity (Wildman–Crippen MR) is 164 cm³/mol. The highest BCUT2D eigenvalue weighted by molar-refractivity contribution is 4.99. The summed E-state index contributed by atoms with van der Waals surface area (Å²) in [5.41, 5.74) is 0. The third-order valence-electron chi connectivity index (χ3n) is 13.1. The molecule has 0 spiro atoms. The summed E-state index contributed by atoms with van der Waals surface area (Å²) in [5, 5.41) is 0. The maximum atomic E-state index is 2.63. The number of hydrogen-bond acceptors (Lipinski definition) is 0. The Hall–Kier alpha value is 0. The van der Waals surface area contributed by atoms with Crippen LogP contribution < -0.4 is 0 Å². The molecule has 12 atom stereocenters. The van der Waals surface area contributed by atoms with Gasteiger partial charge in [0.1, 0.15) is 0 Å². The van der Waals surface area contributed by atoms with E-state index in [1.54, 1.807) is 51.4 Å². The third-order valence-corrected chi connectivity index (χ3v) is 13.1. The van der Waals surface area contributed by atoms with E-state index in [4.69, 9.17) is 0 Å². The van der Waals surface area contributed by atoms with Crippen molar-refractivity contribution in [3.63, 3.8) is 0 Å².